The Morgan fingerprint density at radius 3 is 2.18 bits per heavy atom. The van der Waals surface area contributed by atoms with E-state index in [9.17, 15) is 65.1 Å². The maximum absolute atomic E-state index is 13.3. The number of nitrogens with zero attached hydrogens (tertiary/aromatic N) is 3. The molecule has 5 rings (SSSR count). The molecule has 1 aromatic heterocycles. The molecule has 11 N–H and O–H groups in total. The minimum absolute atomic E-state index is 0. The Balaban J connectivity index is 0.00000952. The van der Waals surface area contributed by atoms with E-state index in [4.69, 9.17) is 34.0 Å². The Labute approximate surface area is 402 Å². The SMILES string of the molecule is CC(=O)N[C@H]1[C@H](OCCN=[N+]=[N-])O[C@H](CO)[C@@H](O[C@@H]2O[C@H](CO)[C@H](O)[C@H](O[C@]3(C(=O)[O-])C[C@H](O)[C@@H](NC(C)=O)[C@H]([C@H](O)[C@H](O)CNC(=O)c4sccc4-c4ccc(C)cc4)O3)[C@H]2O)[C@@H]1O.[Na+]. The minimum atomic E-state index is -3.23. The molecule has 16 atom stereocenters. The summed E-state index contributed by atoms with van der Waals surface area (Å²) < 4.78 is 34.2. The van der Waals surface area contributed by atoms with Crippen molar-refractivity contribution in [3.05, 3.63) is 56.6 Å². The molecule has 3 aliphatic heterocycles. The van der Waals surface area contributed by atoms with Crippen LogP contribution in [0.5, 0.6) is 0 Å². The van der Waals surface area contributed by atoms with Gasteiger partial charge < -0.3 is 95.1 Å². The van der Waals surface area contributed by atoms with Gasteiger partial charge in [-0.2, -0.15) is 0 Å². The maximum Gasteiger partial charge on any atom is 1.00 e. The summed E-state index contributed by atoms with van der Waals surface area (Å²) in [6, 6.07) is 6.01. The number of azide groups is 1. The smallest absolute Gasteiger partial charge is 0.544 e. The van der Waals surface area contributed by atoms with Crippen LogP contribution in [0.15, 0.2) is 40.8 Å². The number of hydrogen-bond donors (Lipinski definition) is 11. The molecule has 0 saturated carbocycles. The summed E-state index contributed by atoms with van der Waals surface area (Å²) in [6.45, 7) is 1.04. The fraction of sp³-hybridized carbons (Fsp3) is 0.641. The number of benzene rings is 1. The van der Waals surface area contributed by atoms with E-state index in [0.29, 0.717) is 5.56 Å². The van der Waals surface area contributed by atoms with Crippen molar-refractivity contribution in [1.29, 1.82) is 0 Å². The van der Waals surface area contributed by atoms with Crippen molar-refractivity contribution in [1.82, 2.24) is 16.0 Å². The molecule has 360 valence electrons. The molecule has 2 aromatic rings. The predicted octanol–water partition coefficient (Wildman–Crippen LogP) is -7.60. The number of carboxylic acid groups (broad SMARTS) is 1. The van der Waals surface area contributed by atoms with Crippen molar-refractivity contribution in [2.75, 3.05) is 32.9 Å². The van der Waals surface area contributed by atoms with Crippen molar-refractivity contribution in [2.45, 2.75) is 125 Å². The number of hydrogen-bond acceptors (Lipinski definition) is 21. The number of rotatable bonds is 19. The molecule has 0 unspecified atom stereocenters. The van der Waals surface area contributed by atoms with Crippen LogP contribution in [0.2, 0.25) is 0 Å². The second kappa shape index (κ2) is 24.7. The molecular formula is C39H53N6NaO19S. The summed E-state index contributed by atoms with van der Waals surface area (Å²) in [5.41, 5.74) is 10.9. The summed E-state index contributed by atoms with van der Waals surface area (Å²) in [7, 11) is 0. The van der Waals surface area contributed by atoms with E-state index in [2.05, 4.69) is 26.0 Å². The molecule has 27 heteroatoms. The van der Waals surface area contributed by atoms with Crippen LogP contribution < -0.4 is 50.6 Å². The molecular weight excluding hydrogens is 912 g/mol. The second-order valence-corrected chi connectivity index (χ2v) is 16.5. The Morgan fingerprint density at radius 2 is 1.58 bits per heavy atom. The van der Waals surface area contributed by atoms with Gasteiger partial charge in [-0.15, -0.1) is 11.3 Å². The third-order valence-electron chi connectivity index (χ3n) is 10.9. The first-order valence-corrected chi connectivity index (χ1v) is 21.2. The number of carboxylic acids is 1. The van der Waals surface area contributed by atoms with Crippen molar-refractivity contribution in [2.24, 2.45) is 5.11 Å². The van der Waals surface area contributed by atoms with E-state index in [1.165, 1.54) is 0 Å². The topological polar surface area (TPSA) is 393 Å². The second-order valence-electron chi connectivity index (χ2n) is 15.6. The summed E-state index contributed by atoms with van der Waals surface area (Å²) >= 11 is 1.10. The van der Waals surface area contributed by atoms with Crippen molar-refractivity contribution >= 4 is 35.0 Å². The fourth-order valence-electron chi connectivity index (χ4n) is 7.68. The van der Waals surface area contributed by atoms with E-state index in [-0.39, 0.29) is 47.6 Å². The Morgan fingerprint density at radius 1 is 0.939 bits per heavy atom. The average Bonchev–Trinajstić information content (AvgIpc) is 3.76. The largest absolute Gasteiger partial charge is 1.00 e. The van der Waals surface area contributed by atoms with Gasteiger partial charge in [0.05, 0.1) is 42.9 Å². The van der Waals surface area contributed by atoms with Crippen LogP contribution in [-0.2, 0) is 42.8 Å². The van der Waals surface area contributed by atoms with Crippen LogP contribution in [-0.4, -0.2) is 195 Å². The van der Waals surface area contributed by atoms with Crippen LogP contribution in [0.1, 0.15) is 35.5 Å². The summed E-state index contributed by atoms with van der Waals surface area (Å²) in [5, 5.41) is 114. The van der Waals surface area contributed by atoms with Gasteiger partial charge in [-0.3, -0.25) is 14.4 Å². The van der Waals surface area contributed by atoms with Crippen LogP contribution >= 0.6 is 11.3 Å². The number of carbonyl (C=O) groups is 4. The average molecular weight is 965 g/mol. The van der Waals surface area contributed by atoms with Crippen molar-refractivity contribution < 1.29 is 123 Å². The summed E-state index contributed by atoms with van der Waals surface area (Å²) in [5.74, 6) is -7.58. The van der Waals surface area contributed by atoms with Gasteiger partial charge in [0.15, 0.2) is 12.6 Å². The predicted molar refractivity (Wildman–Crippen MR) is 217 cm³/mol. The first-order chi connectivity index (χ1) is 30.9. The van der Waals surface area contributed by atoms with Crippen LogP contribution in [0.25, 0.3) is 21.6 Å². The van der Waals surface area contributed by atoms with E-state index in [1.54, 1.807) is 11.4 Å². The number of ether oxygens (including phenoxy) is 6. The van der Waals surface area contributed by atoms with Gasteiger partial charge in [-0.1, -0.05) is 34.9 Å². The van der Waals surface area contributed by atoms with E-state index in [1.807, 2.05) is 31.2 Å². The molecule has 1 aromatic carbocycles. The van der Waals surface area contributed by atoms with Gasteiger partial charge in [0, 0.05) is 43.8 Å². The molecule has 0 aliphatic carbocycles. The number of carbonyl (C=O) groups excluding carboxylic acids is 4. The van der Waals surface area contributed by atoms with Crippen LogP contribution in [0, 0.1) is 6.92 Å². The van der Waals surface area contributed by atoms with Crippen molar-refractivity contribution in [3.63, 3.8) is 0 Å². The van der Waals surface area contributed by atoms with Gasteiger partial charge in [-0.05, 0) is 29.5 Å². The summed E-state index contributed by atoms with van der Waals surface area (Å²) in [6.07, 6.45) is -26.2. The van der Waals surface area contributed by atoms with Gasteiger partial charge in [-0.25, -0.2) is 0 Å². The third-order valence-corrected chi connectivity index (χ3v) is 11.8. The number of aryl methyl sites for hydroxylation is 1. The number of thiophene rings is 1. The van der Waals surface area contributed by atoms with Crippen LogP contribution in [0.4, 0.5) is 0 Å². The van der Waals surface area contributed by atoms with E-state index >= 15 is 0 Å². The first kappa shape index (κ1) is 55.1. The van der Waals surface area contributed by atoms with Gasteiger partial charge in [0.2, 0.25) is 17.6 Å². The Bertz CT molecular complexity index is 2000. The molecule has 3 amide bonds. The molecule has 3 fully saturated rings. The van der Waals surface area contributed by atoms with Gasteiger partial charge in [0.1, 0.15) is 66.9 Å². The molecule has 0 bridgehead atoms. The summed E-state index contributed by atoms with van der Waals surface area (Å²) in [4.78, 5) is 53.6. The quantitative estimate of drug-likeness (QED) is 0.0205. The zero-order chi connectivity index (χ0) is 47.7. The minimum Gasteiger partial charge on any atom is -0.544 e. The van der Waals surface area contributed by atoms with Gasteiger partial charge in [0.25, 0.3) is 5.91 Å². The normalized spacial score (nSPS) is 33.0. The Hall–Kier alpha value is -3.45. The van der Waals surface area contributed by atoms with Gasteiger partial charge >= 0.3 is 29.6 Å². The van der Waals surface area contributed by atoms with Crippen molar-refractivity contribution in [3.8, 4) is 11.1 Å². The van der Waals surface area contributed by atoms with Crippen LogP contribution in [0.3, 0.4) is 0 Å². The molecule has 3 saturated heterocycles. The molecule has 0 spiro atoms. The molecule has 66 heavy (non-hydrogen) atoms. The monoisotopic (exact) mass is 964 g/mol. The number of aliphatic carboxylic acids is 1. The molecule has 3 aliphatic rings. The standard InChI is InChI=1S/C39H54N6O19S.Na/c1-16-4-6-19(7-5-16)20-8-11-65-34(20)35(56)41-13-22(51)27(52)32-25(43-17(2)48)21(50)12-39(63-32,38(57)58)64-33-28(53)23(14-46)60-37(30(33)55)62-31-24(15-47)61-36(59-10-9-42-45-40)26(29(31)54)44-18(3)49;/h4-8,11,21-33,36-37,46-47,50-55H,9-10,12-15H2,1-3H3,(H,41,56)(H,43,48)(H,44,49)(H,57,58);/q;+1/p-1/t21-,22+,23+,24+,25+,26+,27+,28-,29+,30+,31+,32+,33-,36+,37-,39-;/m0./s1. The number of nitrogens with one attached hydrogen (secondary N) is 3. The molecule has 25 nitrogen and oxygen atoms in total. The zero-order valence-corrected chi connectivity index (χ0v) is 39.0. The van der Waals surface area contributed by atoms with E-state index < -0.39 is 147 Å². The number of aliphatic hydroxyl groups excluding tert-OH is 8. The third kappa shape index (κ3) is 13.0. The maximum atomic E-state index is 13.3. The number of aliphatic hydroxyl groups is 8. The zero-order valence-electron chi connectivity index (χ0n) is 36.2. The fourth-order valence-corrected chi connectivity index (χ4v) is 8.51. The van der Waals surface area contributed by atoms with E-state index in [0.717, 1.165) is 36.3 Å². The number of amides is 3. The Kier molecular flexibility index (Phi) is 20.7. The first-order valence-electron chi connectivity index (χ1n) is 20.3. The molecule has 0 radical (unpaired) electrons. The molecule has 4 heterocycles.